The van der Waals surface area contributed by atoms with Gasteiger partial charge in [-0.25, -0.2) is 8.42 Å². The van der Waals surface area contributed by atoms with E-state index >= 15 is 0 Å². The molecule has 0 aliphatic rings. The number of ether oxygens (including phenoxy) is 3. The number of carbonyl (C=O) groups is 1. The summed E-state index contributed by atoms with van der Waals surface area (Å²) >= 11 is 1.03. The highest BCUT2D eigenvalue weighted by molar-refractivity contribution is 8.16. The molecule has 1 amide bonds. The lowest BCUT2D eigenvalue weighted by atomic mass is 10.2. The second-order valence-corrected chi connectivity index (χ2v) is 9.79. The second-order valence-electron chi connectivity index (χ2n) is 6.79. The fourth-order valence-corrected chi connectivity index (χ4v) is 3.50. The van der Waals surface area contributed by atoms with Crippen LogP contribution in [0.2, 0.25) is 0 Å². The van der Waals surface area contributed by atoms with Crippen molar-refractivity contribution < 1.29 is 27.4 Å². The van der Waals surface area contributed by atoms with Crippen molar-refractivity contribution in [3.8, 4) is 17.2 Å². The molecule has 0 aliphatic heterocycles. The third-order valence-corrected chi connectivity index (χ3v) is 5.72. The summed E-state index contributed by atoms with van der Waals surface area (Å²) < 4.78 is 40.1. The van der Waals surface area contributed by atoms with Crippen LogP contribution in [-0.2, 0) is 14.6 Å². The first-order valence-corrected chi connectivity index (χ1v) is 12.3. The molecule has 1 atom stereocenters. The summed E-state index contributed by atoms with van der Waals surface area (Å²) in [6, 6.07) is 10.7. The van der Waals surface area contributed by atoms with Crippen LogP contribution in [0.15, 0.2) is 64.3 Å². The van der Waals surface area contributed by atoms with E-state index in [0.29, 0.717) is 30.3 Å². The number of rotatable bonds is 10. The Morgan fingerprint density at radius 1 is 1.19 bits per heavy atom. The van der Waals surface area contributed by atoms with Gasteiger partial charge in [-0.05, 0) is 48.7 Å². The van der Waals surface area contributed by atoms with Gasteiger partial charge < -0.3 is 19.9 Å². The quantitative estimate of drug-likeness (QED) is 0.402. The van der Waals surface area contributed by atoms with Crippen molar-refractivity contribution in [2.45, 2.75) is 24.3 Å². The maximum Gasteiger partial charge on any atom is 0.279 e. The van der Waals surface area contributed by atoms with Gasteiger partial charge in [-0.2, -0.15) is 4.99 Å². The molecule has 0 saturated heterocycles. The minimum Gasteiger partial charge on any atom is -0.490 e. The largest absolute Gasteiger partial charge is 0.490 e. The Bertz CT molecular complexity index is 1080. The molecule has 2 N–H and O–H groups in total. The van der Waals surface area contributed by atoms with Crippen LogP contribution in [0.4, 0.5) is 0 Å². The summed E-state index contributed by atoms with van der Waals surface area (Å²) in [6.45, 7) is 5.94. The standard InChI is InChI=1S/C22H26N2O6S2/c1-5-31-22(23)24-21(25)16-12-18(29-15(2)10-11-28-3)14-19(13-16)30-17-6-8-20(9-7-17)32(4,26)27/h5-9,12-15H,1,10-11H2,2-4H3,(H2,23,24,25). The normalized spacial score (nSPS) is 12.8. The molecule has 0 aromatic heterocycles. The molecule has 0 bridgehead atoms. The van der Waals surface area contributed by atoms with Crippen molar-refractivity contribution >= 4 is 32.7 Å². The third kappa shape index (κ3) is 8.03. The van der Waals surface area contributed by atoms with Crippen molar-refractivity contribution in [2.24, 2.45) is 10.7 Å². The van der Waals surface area contributed by atoms with Crippen LogP contribution in [0.3, 0.4) is 0 Å². The van der Waals surface area contributed by atoms with Crippen LogP contribution in [0.1, 0.15) is 23.7 Å². The minimum atomic E-state index is -3.32. The molecule has 2 aromatic carbocycles. The van der Waals surface area contributed by atoms with Crippen LogP contribution in [0.25, 0.3) is 0 Å². The monoisotopic (exact) mass is 478 g/mol. The van der Waals surface area contributed by atoms with E-state index in [9.17, 15) is 13.2 Å². The Morgan fingerprint density at radius 3 is 2.44 bits per heavy atom. The van der Waals surface area contributed by atoms with Gasteiger partial charge in [0.2, 0.25) is 0 Å². The van der Waals surface area contributed by atoms with Crippen molar-refractivity contribution in [3.05, 3.63) is 60.0 Å². The van der Waals surface area contributed by atoms with Crippen molar-refractivity contribution in [1.29, 1.82) is 0 Å². The lowest BCUT2D eigenvalue weighted by molar-refractivity contribution is 0.100. The Morgan fingerprint density at radius 2 is 1.84 bits per heavy atom. The highest BCUT2D eigenvalue weighted by atomic mass is 32.2. The smallest absolute Gasteiger partial charge is 0.279 e. The molecule has 0 heterocycles. The second kappa shape index (κ2) is 11.7. The SMILES string of the molecule is C=CSC(N)=NC(=O)c1cc(Oc2ccc(S(C)(=O)=O)cc2)cc(OC(C)CCOC)c1. The highest BCUT2D eigenvalue weighted by Gasteiger charge is 2.14. The zero-order chi connectivity index (χ0) is 23.7. The van der Waals surface area contributed by atoms with E-state index in [1.807, 2.05) is 6.92 Å². The van der Waals surface area contributed by atoms with Gasteiger partial charge in [-0.3, -0.25) is 4.79 Å². The molecular formula is C22H26N2O6S2. The van der Waals surface area contributed by atoms with Crippen LogP contribution in [-0.4, -0.2) is 45.6 Å². The van der Waals surface area contributed by atoms with Crippen LogP contribution < -0.4 is 15.2 Å². The molecule has 0 fully saturated rings. The Kier molecular flexibility index (Phi) is 9.30. The first-order chi connectivity index (χ1) is 15.1. The summed E-state index contributed by atoms with van der Waals surface area (Å²) in [6.07, 6.45) is 1.61. The van der Waals surface area contributed by atoms with Crippen molar-refractivity contribution in [1.82, 2.24) is 0 Å². The number of carbonyl (C=O) groups excluding carboxylic acids is 1. The van der Waals surface area contributed by atoms with Crippen LogP contribution in [0.5, 0.6) is 17.2 Å². The van der Waals surface area contributed by atoms with Crippen molar-refractivity contribution in [2.75, 3.05) is 20.0 Å². The zero-order valence-corrected chi connectivity index (χ0v) is 19.7. The number of nitrogens with two attached hydrogens (primary N) is 1. The number of hydrogen-bond donors (Lipinski definition) is 1. The number of methoxy groups -OCH3 is 1. The predicted octanol–water partition coefficient (Wildman–Crippen LogP) is 4.02. The van der Waals surface area contributed by atoms with Crippen LogP contribution >= 0.6 is 11.8 Å². The molecule has 172 valence electrons. The number of thioether (sulfide) groups is 1. The average Bonchev–Trinajstić information content (AvgIpc) is 2.72. The van der Waals surface area contributed by atoms with Gasteiger partial charge in [0.15, 0.2) is 15.0 Å². The topological polar surface area (TPSA) is 117 Å². The van der Waals surface area contributed by atoms with E-state index in [4.69, 9.17) is 19.9 Å². The molecule has 2 aromatic rings. The lowest BCUT2D eigenvalue weighted by Gasteiger charge is -2.16. The first-order valence-electron chi connectivity index (χ1n) is 9.57. The van der Waals surface area contributed by atoms with E-state index in [-0.39, 0.29) is 21.7 Å². The fourth-order valence-electron chi connectivity index (χ4n) is 2.56. The van der Waals surface area contributed by atoms with Gasteiger partial charge in [-0.15, -0.1) is 0 Å². The molecule has 8 nitrogen and oxygen atoms in total. The molecule has 0 saturated carbocycles. The van der Waals surface area contributed by atoms with E-state index in [0.717, 1.165) is 18.0 Å². The predicted molar refractivity (Wildman–Crippen MR) is 126 cm³/mol. The average molecular weight is 479 g/mol. The number of hydrogen-bond acceptors (Lipinski definition) is 7. The minimum absolute atomic E-state index is 0.0589. The molecule has 1 unspecified atom stereocenters. The van der Waals surface area contributed by atoms with Crippen molar-refractivity contribution in [3.63, 3.8) is 0 Å². The van der Waals surface area contributed by atoms with Crippen LogP contribution in [0, 0.1) is 0 Å². The van der Waals surface area contributed by atoms with Gasteiger partial charge in [0.05, 0.1) is 11.0 Å². The lowest BCUT2D eigenvalue weighted by Crippen LogP contribution is -2.15. The molecule has 2 rings (SSSR count). The Balaban J connectivity index is 2.35. The zero-order valence-electron chi connectivity index (χ0n) is 18.1. The molecule has 0 spiro atoms. The molecule has 0 aliphatic carbocycles. The van der Waals surface area contributed by atoms with Gasteiger partial charge in [0.1, 0.15) is 17.2 Å². The summed E-state index contributed by atoms with van der Waals surface area (Å²) in [5.74, 6) is 0.559. The number of sulfone groups is 1. The van der Waals surface area contributed by atoms with Gasteiger partial charge >= 0.3 is 0 Å². The number of amides is 1. The van der Waals surface area contributed by atoms with Gasteiger partial charge in [-0.1, -0.05) is 18.3 Å². The fraction of sp³-hybridized carbons (Fsp3) is 0.273. The number of benzene rings is 2. The Labute approximate surface area is 192 Å². The first kappa shape index (κ1) is 25.4. The molecule has 32 heavy (non-hydrogen) atoms. The third-order valence-electron chi connectivity index (χ3n) is 4.10. The van der Waals surface area contributed by atoms with Gasteiger partial charge in [0.25, 0.3) is 5.91 Å². The maximum absolute atomic E-state index is 12.6. The van der Waals surface area contributed by atoms with E-state index < -0.39 is 15.7 Å². The number of amidine groups is 1. The summed E-state index contributed by atoms with van der Waals surface area (Å²) in [7, 11) is -1.71. The summed E-state index contributed by atoms with van der Waals surface area (Å²) in [5, 5.41) is 1.53. The molecular weight excluding hydrogens is 452 g/mol. The summed E-state index contributed by atoms with van der Waals surface area (Å²) in [4.78, 5) is 16.6. The Hall–Kier alpha value is -2.82. The number of aliphatic imine (C=N–C) groups is 1. The molecule has 10 heteroatoms. The molecule has 0 radical (unpaired) electrons. The van der Waals surface area contributed by atoms with Gasteiger partial charge in [0, 0.05) is 38.0 Å². The van der Waals surface area contributed by atoms with E-state index in [2.05, 4.69) is 11.6 Å². The number of nitrogens with zero attached hydrogens (tertiary/aromatic N) is 1. The summed E-state index contributed by atoms with van der Waals surface area (Å²) in [5.41, 5.74) is 5.92. The maximum atomic E-state index is 12.6. The highest BCUT2D eigenvalue weighted by Crippen LogP contribution is 2.29. The van der Waals surface area contributed by atoms with E-state index in [1.54, 1.807) is 19.2 Å². The van der Waals surface area contributed by atoms with E-state index in [1.165, 1.54) is 35.7 Å².